The van der Waals surface area contributed by atoms with Crippen LogP contribution in [-0.4, -0.2) is 28.6 Å². The number of hydrogen-bond acceptors (Lipinski definition) is 4. The molecule has 1 heterocycles. The zero-order valence-corrected chi connectivity index (χ0v) is 8.72. The van der Waals surface area contributed by atoms with Crippen LogP contribution < -0.4 is 4.90 Å². The van der Waals surface area contributed by atoms with Gasteiger partial charge in [0.2, 0.25) is 0 Å². The molecule has 0 amide bonds. The summed E-state index contributed by atoms with van der Waals surface area (Å²) < 4.78 is 5.14. The third-order valence-corrected chi connectivity index (χ3v) is 2.73. The second-order valence-corrected chi connectivity index (χ2v) is 3.74. The van der Waals surface area contributed by atoms with Gasteiger partial charge < -0.3 is 14.4 Å². The quantitative estimate of drug-likeness (QED) is 0.776. The van der Waals surface area contributed by atoms with E-state index in [0.29, 0.717) is 18.6 Å². The summed E-state index contributed by atoms with van der Waals surface area (Å²) in [5.41, 5.74) is -0.0867. The summed E-state index contributed by atoms with van der Waals surface area (Å²) in [5, 5.41) is 8.74. The molecule has 1 aromatic heterocycles. The summed E-state index contributed by atoms with van der Waals surface area (Å²) in [6, 6.07) is 0.636. The van der Waals surface area contributed by atoms with Gasteiger partial charge in [0, 0.05) is 6.04 Å². The number of carbonyl (C=O) groups is 1. The molecular weight excluding hydrogens is 208 g/mol. The maximum atomic E-state index is 10.7. The molecule has 84 valence electrons. The maximum Gasteiger partial charge on any atom is 0.357 e. The predicted molar refractivity (Wildman–Crippen MR) is 57.3 cm³/mol. The molecule has 1 fully saturated rings. The van der Waals surface area contributed by atoms with E-state index in [2.05, 4.69) is 10.9 Å². The Balaban J connectivity index is 2.17. The van der Waals surface area contributed by atoms with Gasteiger partial charge >= 0.3 is 5.97 Å². The topological polar surface area (TPSA) is 66.6 Å². The Hall–Kier alpha value is -1.96. The van der Waals surface area contributed by atoms with E-state index in [1.807, 2.05) is 4.90 Å². The van der Waals surface area contributed by atoms with Crippen LogP contribution in [0.25, 0.3) is 0 Å². The van der Waals surface area contributed by atoms with Crippen LogP contribution in [0.1, 0.15) is 29.8 Å². The molecule has 1 saturated carbocycles. The Kier molecular flexibility index (Phi) is 2.82. The van der Waals surface area contributed by atoms with Gasteiger partial charge in [-0.2, -0.15) is 4.98 Å². The van der Waals surface area contributed by atoms with Gasteiger partial charge in [-0.3, -0.25) is 0 Å². The zero-order chi connectivity index (χ0) is 11.5. The molecule has 16 heavy (non-hydrogen) atoms. The van der Waals surface area contributed by atoms with E-state index in [1.54, 1.807) is 0 Å². The number of anilines is 1. The lowest BCUT2D eigenvalue weighted by Crippen LogP contribution is -2.40. The van der Waals surface area contributed by atoms with E-state index in [-0.39, 0.29) is 5.69 Å². The first-order valence-corrected chi connectivity index (χ1v) is 5.11. The van der Waals surface area contributed by atoms with E-state index < -0.39 is 5.97 Å². The highest BCUT2D eigenvalue weighted by Crippen LogP contribution is 2.28. The van der Waals surface area contributed by atoms with E-state index in [0.717, 1.165) is 25.5 Å². The van der Waals surface area contributed by atoms with Crippen LogP contribution >= 0.6 is 0 Å². The molecule has 0 unspecified atom stereocenters. The molecule has 0 aliphatic heterocycles. The summed E-state index contributed by atoms with van der Waals surface area (Å²) in [4.78, 5) is 16.4. The molecule has 1 N–H and O–H groups in total. The summed E-state index contributed by atoms with van der Waals surface area (Å²) >= 11 is 0. The molecule has 1 aliphatic carbocycles. The number of carboxylic acids is 1. The van der Waals surface area contributed by atoms with Gasteiger partial charge in [0.25, 0.3) is 6.01 Å². The van der Waals surface area contributed by atoms with Crippen LogP contribution in [0.2, 0.25) is 0 Å². The van der Waals surface area contributed by atoms with Crippen LogP contribution in [-0.2, 0) is 0 Å². The number of oxazole rings is 1. The van der Waals surface area contributed by atoms with Crippen LogP contribution in [0.15, 0.2) is 10.7 Å². The maximum absolute atomic E-state index is 10.7. The number of terminal acetylenes is 1. The lowest BCUT2D eigenvalue weighted by Gasteiger charge is -2.35. The van der Waals surface area contributed by atoms with E-state index in [4.69, 9.17) is 15.9 Å². The Labute approximate surface area is 93.1 Å². The number of rotatable bonds is 4. The number of nitrogens with zero attached hydrogens (tertiary/aromatic N) is 2. The van der Waals surface area contributed by atoms with Gasteiger partial charge in [-0.15, -0.1) is 6.42 Å². The third kappa shape index (κ3) is 1.87. The zero-order valence-electron chi connectivity index (χ0n) is 8.72. The molecule has 0 radical (unpaired) electrons. The van der Waals surface area contributed by atoms with Crippen molar-refractivity contribution in [3.8, 4) is 12.3 Å². The van der Waals surface area contributed by atoms with Crippen LogP contribution in [0.4, 0.5) is 6.01 Å². The monoisotopic (exact) mass is 220 g/mol. The second kappa shape index (κ2) is 4.27. The fourth-order valence-electron chi connectivity index (χ4n) is 1.64. The van der Waals surface area contributed by atoms with Crippen molar-refractivity contribution in [3.63, 3.8) is 0 Å². The molecule has 0 bridgehead atoms. The molecule has 0 saturated heterocycles. The molecule has 5 heteroatoms. The van der Waals surface area contributed by atoms with Crippen LogP contribution in [0, 0.1) is 12.3 Å². The molecule has 0 spiro atoms. The van der Waals surface area contributed by atoms with Crippen molar-refractivity contribution in [3.05, 3.63) is 12.0 Å². The Morgan fingerprint density at radius 1 is 1.75 bits per heavy atom. The molecule has 5 nitrogen and oxygen atoms in total. The summed E-state index contributed by atoms with van der Waals surface area (Å²) in [7, 11) is 0. The minimum Gasteiger partial charge on any atom is -0.476 e. The summed E-state index contributed by atoms with van der Waals surface area (Å²) in [6.45, 7) is 0.393. The summed E-state index contributed by atoms with van der Waals surface area (Å²) in [5.74, 6) is 1.44. The van der Waals surface area contributed by atoms with Gasteiger partial charge in [-0.05, 0) is 19.3 Å². The Morgan fingerprint density at radius 2 is 2.50 bits per heavy atom. The van der Waals surface area contributed by atoms with Crippen LogP contribution in [0.3, 0.4) is 0 Å². The van der Waals surface area contributed by atoms with Gasteiger partial charge in [-0.25, -0.2) is 4.79 Å². The lowest BCUT2D eigenvalue weighted by atomic mass is 9.92. The normalized spacial score (nSPS) is 15.2. The van der Waals surface area contributed by atoms with E-state index >= 15 is 0 Å². The highest BCUT2D eigenvalue weighted by Gasteiger charge is 2.28. The van der Waals surface area contributed by atoms with Crippen molar-refractivity contribution in [2.24, 2.45) is 0 Å². The molecule has 0 aromatic carbocycles. The fourth-order valence-corrected chi connectivity index (χ4v) is 1.64. The highest BCUT2D eigenvalue weighted by molar-refractivity contribution is 5.85. The molecule has 1 aliphatic rings. The molecule has 1 aromatic rings. The lowest BCUT2D eigenvalue weighted by molar-refractivity contribution is 0.0690. The van der Waals surface area contributed by atoms with Gasteiger partial charge in [0.1, 0.15) is 6.26 Å². The van der Waals surface area contributed by atoms with Gasteiger partial charge in [0.05, 0.1) is 6.54 Å². The minimum absolute atomic E-state index is 0.0867. The van der Waals surface area contributed by atoms with Gasteiger partial charge in [0.15, 0.2) is 5.69 Å². The number of aromatic carboxylic acids is 1. The average Bonchev–Trinajstić information content (AvgIpc) is 2.62. The number of hydrogen-bond donors (Lipinski definition) is 1. The molecule has 2 rings (SSSR count). The van der Waals surface area contributed by atoms with Crippen molar-refractivity contribution in [1.29, 1.82) is 0 Å². The van der Waals surface area contributed by atoms with E-state index in [9.17, 15) is 4.79 Å². The average molecular weight is 220 g/mol. The van der Waals surface area contributed by atoms with Crippen molar-refractivity contribution in [2.75, 3.05) is 11.4 Å². The van der Waals surface area contributed by atoms with Crippen molar-refractivity contribution >= 4 is 12.0 Å². The van der Waals surface area contributed by atoms with E-state index in [1.165, 1.54) is 0 Å². The van der Waals surface area contributed by atoms with Crippen molar-refractivity contribution in [2.45, 2.75) is 25.3 Å². The fraction of sp³-hybridized carbons (Fsp3) is 0.455. The standard InChI is InChI=1S/C11H12N2O3/c1-2-6-13(8-4-3-5-8)11-12-9(7-16-11)10(14)15/h1,7-8H,3-6H2,(H,14,15). The third-order valence-electron chi connectivity index (χ3n) is 2.73. The molecule has 0 atom stereocenters. The number of carboxylic acid groups (broad SMARTS) is 1. The first kappa shape index (κ1) is 10.6. The number of aromatic nitrogens is 1. The second-order valence-electron chi connectivity index (χ2n) is 3.74. The Bertz CT molecular complexity index is 429. The predicted octanol–water partition coefficient (Wildman–Crippen LogP) is 1.36. The molecular formula is C11H12N2O3. The first-order valence-electron chi connectivity index (χ1n) is 5.11. The largest absolute Gasteiger partial charge is 0.476 e. The minimum atomic E-state index is -1.09. The first-order chi connectivity index (χ1) is 7.72. The van der Waals surface area contributed by atoms with Crippen molar-refractivity contribution in [1.82, 2.24) is 4.98 Å². The van der Waals surface area contributed by atoms with Crippen molar-refractivity contribution < 1.29 is 14.3 Å². The highest BCUT2D eigenvalue weighted by atomic mass is 16.4. The SMILES string of the molecule is C#CCN(c1nc(C(=O)O)co1)C1CCC1. The Morgan fingerprint density at radius 3 is 2.94 bits per heavy atom. The van der Waals surface area contributed by atoms with Gasteiger partial charge in [-0.1, -0.05) is 5.92 Å². The smallest absolute Gasteiger partial charge is 0.357 e. The summed E-state index contributed by atoms with van der Waals surface area (Å²) in [6.07, 6.45) is 9.67. The van der Waals surface area contributed by atoms with Crippen LogP contribution in [0.5, 0.6) is 0 Å².